The Bertz CT molecular complexity index is 1140. The number of alkyl carbamates (subject to hydrolysis) is 1. The van der Waals surface area contributed by atoms with Crippen LogP contribution in [0.15, 0.2) is 48.5 Å². The van der Waals surface area contributed by atoms with Gasteiger partial charge < -0.3 is 19.9 Å². The van der Waals surface area contributed by atoms with Crippen LogP contribution in [0.1, 0.15) is 69.1 Å². The first-order chi connectivity index (χ1) is 18.1. The smallest absolute Gasteiger partial charge is 0.408 e. The van der Waals surface area contributed by atoms with Gasteiger partial charge in [0.05, 0.1) is 0 Å². The fourth-order valence-electron chi connectivity index (χ4n) is 5.29. The summed E-state index contributed by atoms with van der Waals surface area (Å²) in [6.45, 7) is 8.07. The van der Waals surface area contributed by atoms with Crippen molar-refractivity contribution in [1.29, 1.82) is 0 Å². The summed E-state index contributed by atoms with van der Waals surface area (Å²) in [6, 6.07) is 14.9. The predicted octanol–water partition coefficient (Wildman–Crippen LogP) is 5.30. The van der Waals surface area contributed by atoms with Gasteiger partial charge in [0, 0.05) is 44.0 Å². The lowest BCUT2D eigenvalue weighted by atomic mass is 9.86. The fraction of sp³-hybridized carbons (Fsp3) is 0.500. The second kappa shape index (κ2) is 12.2. The number of hydrogen-bond acceptors (Lipinski definition) is 4. The zero-order valence-corrected chi connectivity index (χ0v) is 23.3. The quantitative estimate of drug-likeness (QED) is 0.517. The largest absolute Gasteiger partial charge is 0.444 e. The number of carbonyl (C=O) groups excluding carboxylic acids is 3. The topological polar surface area (TPSA) is 79.0 Å². The van der Waals surface area contributed by atoms with Gasteiger partial charge in [0.1, 0.15) is 11.6 Å². The van der Waals surface area contributed by atoms with E-state index in [4.69, 9.17) is 16.3 Å². The predicted molar refractivity (Wildman–Crippen MR) is 148 cm³/mol. The highest BCUT2D eigenvalue weighted by atomic mass is 35.5. The molecule has 0 radical (unpaired) electrons. The Labute approximate surface area is 230 Å². The molecule has 2 aliphatic heterocycles. The number of hydrogen-bond donors (Lipinski definition) is 1. The molecule has 4 rings (SSSR count). The van der Waals surface area contributed by atoms with E-state index in [2.05, 4.69) is 23.5 Å². The average molecular weight is 540 g/mol. The molecule has 3 amide bonds. The van der Waals surface area contributed by atoms with Crippen molar-refractivity contribution in [3.8, 4) is 0 Å². The lowest BCUT2D eigenvalue weighted by Gasteiger charge is -2.35. The van der Waals surface area contributed by atoms with Gasteiger partial charge in [0.2, 0.25) is 11.8 Å². The molecule has 2 saturated heterocycles. The van der Waals surface area contributed by atoms with Crippen molar-refractivity contribution in [3.05, 3.63) is 70.2 Å². The van der Waals surface area contributed by atoms with E-state index in [0.29, 0.717) is 43.4 Å². The van der Waals surface area contributed by atoms with Gasteiger partial charge in [0.25, 0.3) is 0 Å². The molecule has 2 aromatic rings. The maximum Gasteiger partial charge on any atom is 0.408 e. The number of likely N-dealkylation sites (tertiary alicyclic amines) is 2. The Hall–Kier alpha value is -3.06. The number of piperidine rings is 1. The van der Waals surface area contributed by atoms with Crippen LogP contribution in [0.3, 0.4) is 0 Å². The summed E-state index contributed by atoms with van der Waals surface area (Å²) in [6.07, 6.45) is 2.97. The monoisotopic (exact) mass is 539 g/mol. The number of carbonyl (C=O) groups is 3. The molecule has 38 heavy (non-hydrogen) atoms. The first-order valence-corrected chi connectivity index (χ1v) is 13.8. The van der Waals surface area contributed by atoms with Crippen LogP contribution >= 0.6 is 11.6 Å². The summed E-state index contributed by atoms with van der Waals surface area (Å²) >= 11 is 6.03. The summed E-state index contributed by atoms with van der Waals surface area (Å²) in [5.41, 5.74) is 2.70. The highest BCUT2D eigenvalue weighted by molar-refractivity contribution is 6.30. The van der Waals surface area contributed by atoms with E-state index in [1.807, 2.05) is 28.0 Å². The van der Waals surface area contributed by atoms with Crippen LogP contribution in [0.5, 0.6) is 0 Å². The Morgan fingerprint density at radius 3 is 2.37 bits per heavy atom. The molecule has 0 spiro atoms. The van der Waals surface area contributed by atoms with Crippen molar-refractivity contribution < 1.29 is 19.1 Å². The van der Waals surface area contributed by atoms with E-state index in [-0.39, 0.29) is 11.8 Å². The van der Waals surface area contributed by atoms with E-state index < -0.39 is 17.7 Å². The van der Waals surface area contributed by atoms with Crippen LogP contribution in [-0.2, 0) is 27.3 Å². The molecule has 1 atom stereocenters. The highest BCUT2D eigenvalue weighted by Gasteiger charge is 2.32. The van der Waals surface area contributed by atoms with Crippen molar-refractivity contribution in [3.63, 3.8) is 0 Å². The van der Waals surface area contributed by atoms with E-state index >= 15 is 0 Å². The number of rotatable bonds is 7. The third-order valence-corrected chi connectivity index (χ3v) is 7.43. The van der Waals surface area contributed by atoms with Crippen molar-refractivity contribution in [2.45, 2.75) is 77.0 Å². The SMILES string of the molecule is CC(C)(C)OC(=O)N[C@@H](Cc1ccc(Cl)cc1)C(=O)N1CCC(c2ccccc2CN2CCCC2=O)CC1. The molecule has 0 unspecified atom stereocenters. The van der Waals surface area contributed by atoms with Crippen molar-refractivity contribution in [1.82, 2.24) is 15.1 Å². The second-order valence-electron chi connectivity index (χ2n) is 11.2. The van der Waals surface area contributed by atoms with Gasteiger partial charge in [0.15, 0.2) is 0 Å². The standard InChI is InChI=1S/C30H38ClN3O4/c1-30(2,3)38-29(37)32-26(19-21-10-12-24(31)13-11-21)28(36)33-17-14-22(15-18-33)25-8-5-4-7-23(25)20-34-16-6-9-27(34)35/h4-5,7-8,10-13,22,26H,6,9,14-20H2,1-3H3,(H,32,37)/t26-/m0/s1. The third kappa shape index (κ3) is 7.50. The maximum absolute atomic E-state index is 13.6. The number of amides is 3. The minimum Gasteiger partial charge on any atom is -0.444 e. The molecule has 8 heteroatoms. The van der Waals surface area contributed by atoms with Crippen molar-refractivity contribution in [2.24, 2.45) is 0 Å². The van der Waals surface area contributed by atoms with Gasteiger partial charge in [-0.05, 0) is 74.8 Å². The van der Waals surface area contributed by atoms with Crippen LogP contribution in [-0.4, -0.2) is 59.0 Å². The van der Waals surface area contributed by atoms with E-state index in [1.165, 1.54) is 11.1 Å². The third-order valence-electron chi connectivity index (χ3n) is 7.18. The minimum atomic E-state index is -0.740. The summed E-state index contributed by atoms with van der Waals surface area (Å²) in [5, 5.41) is 3.43. The molecule has 2 heterocycles. The van der Waals surface area contributed by atoms with Gasteiger partial charge >= 0.3 is 6.09 Å². The molecule has 0 bridgehead atoms. The van der Waals surface area contributed by atoms with Crippen LogP contribution in [0.25, 0.3) is 0 Å². The maximum atomic E-state index is 13.6. The van der Waals surface area contributed by atoms with Crippen LogP contribution in [0.2, 0.25) is 5.02 Å². The molecule has 0 aliphatic carbocycles. The Kier molecular flexibility index (Phi) is 8.98. The van der Waals surface area contributed by atoms with E-state index in [9.17, 15) is 14.4 Å². The molecule has 2 fully saturated rings. The molecule has 0 aromatic heterocycles. The van der Waals surface area contributed by atoms with Gasteiger partial charge in [-0.3, -0.25) is 9.59 Å². The fourth-order valence-corrected chi connectivity index (χ4v) is 5.42. The second-order valence-corrected chi connectivity index (χ2v) is 11.7. The lowest BCUT2D eigenvalue weighted by Crippen LogP contribution is -2.52. The number of nitrogens with one attached hydrogen (secondary N) is 1. The molecule has 2 aliphatic rings. The van der Waals surface area contributed by atoms with E-state index in [0.717, 1.165) is 31.4 Å². The summed E-state index contributed by atoms with van der Waals surface area (Å²) in [7, 11) is 0. The lowest BCUT2D eigenvalue weighted by molar-refractivity contribution is -0.134. The summed E-state index contributed by atoms with van der Waals surface area (Å²) < 4.78 is 5.44. The molecular formula is C30H38ClN3O4. The first kappa shape index (κ1) is 28.0. The van der Waals surface area contributed by atoms with Gasteiger partial charge in [-0.15, -0.1) is 0 Å². The Morgan fingerprint density at radius 2 is 1.74 bits per heavy atom. The summed E-state index contributed by atoms with van der Waals surface area (Å²) in [5.74, 6) is 0.436. The normalized spacial score (nSPS) is 17.4. The van der Waals surface area contributed by atoms with Crippen LogP contribution in [0, 0.1) is 0 Å². The van der Waals surface area contributed by atoms with Crippen LogP contribution < -0.4 is 5.32 Å². The Morgan fingerprint density at radius 1 is 1.05 bits per heavy atom. The number of ether oxygens (including phenoxy) is 1. The molecule has 0 saturated carbocycles. The number of halogens is 1. The Balaban J connectivity index is 1.42. The number of benzene rings is 2. The molecule has 7 nitrogen and oxygen atoms in total. The minimum absolute atomic E-state index is 0.111. The van der Waals surface area contributed by atoms with Crippen LogP contribution in [0.4, 0.5) is 4.79 Å². The highest BCUT2D eigenvalue weighted by Crippen LogP contribution is 2.32. The first-order valence-electron chi connectivity index (χ1n) is 13.5. The van der Waals surface area contributed by atoms with Gasteiger partial charge in [-0.1, -0.05) is 48.0 Å². The van der Waals surface area contributed by atoms with Gasteiger partial charge in [-0.2, -0.15) is 0 Å². The zero-order chi connectivity index (χ0) is 27.3. The van der Waals surface area contributed by atoms with Gasteiger partial charge in [-0.25, -0.2) is 4.79 Å². The average Bonchev–Trinajstić information content (AvgIpc) is 3.28. The summed E-state index contributed by atoms with van der Waals surface area (Å²) in [4.78, 5) is 42.2. The van der Waals surface area contributed by atoms with Crippen molar-refractivity contribution >= 4 is 29.5 Å². The molecule has 1 N–H and O–H groups in total. The molecule has 204 valence electrons. The van der Waals surface area contributed by atoms with E-state index in [1.54, 1.807) is 32.9 Å². The molecule has 2 aromatic carbocycles. The van der Waals surface area contributed by atoms with Crippen molar-refractivity contribution in [2.75, 3.05) is 19.6 Å². The zero-order valence-electron chi connectivity index (χ0n) is 22.5. The molecular weight excluding hydrogens is 502 g/mol. The number of nitrogens with zero attached hydrogens (tertiary/aromatic N) is 2.